The van der Waals surface area contributed by atoms with Gasteiger partial charge in [-0.05, 0) is 38.3 Å². The first-order valence-electron chi connectivity index (χ1n) is 12.5. The number of rotatable bonds is 16. The number of thiazole rings is 1. The van der Waals surface area contributed by atoms with Crippen molar-refractivity contribution in [1.82, 2.24) is 20.5 Å². The molecule has 10 nitrogen and oxygen atoms in total. The molecule has 0 aromatic carbocycles. The van der Waals surface area contributed by atoms with Crippen LogP contribution in [0.2, 0.25) is 0 Å². The maximum atomic E-state index is 13.5. The molecule has 1 rings (SSSR count). The van der Waals surface area contributed by atoms with Gasteiger partial charge in [0.15, 0.2) is 11.8 Å². The van der Waals surface area contributed by atoms with E-state index in [2.05, 4.69) is 15.6 Å². The lowest BCUT2D eigenvalue weighted by molar-refractivity contribution is -0.149. The van der Waals surface area contributed by atoms with E-state index in [0.717, 1.165) is 37.1 Å². The highest BCUT2D eigenvalue weighted by Gasteiger charge is 2.34. The zero-order chi connectivity index (χ0) is 27.4. The van der Waals surface area contributed by atoms with Gasteiger partial charge in [0.05, 0.1) is 0 Å². The predicted molar refractivity (Wildman–Crippen MR) is 139 cm³/mol. The number of nitrogens with zero attached hydrogens (tertiary/aromatic N) is 2. The number of carbonyl (C=O) groups is 4. The van der Waals surface area contributed by atoms with Crippen molar-refractivity contribution in [2.45, 2.75) is 84.9 Å². The minimum atomic E-state index is -1.16. The summed E-state index contributed by atoms with van der Waals surface area (Å²) in [6.07, 6.45) is 2.49. The van der Waals surface area contributed by atoms with E-state index in [1.54, 1.807) is 11.9 Å². The number of carboxylic acids is 1. The highest BCUT2D eigenvalue weighted by Crippen LogP contribution is 2.30. The van der Waals surface area contributed by atoms with Crippen molar-refractivity contribution in [3.8, 4) is 0 Å². The topological polar surface area (TPSA) is 138 Å². The molecule has 2 amide bonds. The number of aromatic nitrogens is 1. The molecule has 1 aromatic heterocycles. The van der Waals surface area contributed by atoms with Gasteiger partial charge >= 0.3 is 11.9 Å². The standard InChI is InChI=1S/C25H42N4O6S/c1-15(2)19(13-20(35-17(5)30)23-27-18(14-36-23)25(33)34)29(7)24(32)22(16(3)4)28-21(31)11-9-8-10-12-26-6/h14-16,19-20,22,26H,8-13H2,1-7H3,(H,28,31)(H,33,34)/t19-,20-,22+/m1/s1. The Kier molecular flexibility index (Phi) is 13.6. The van der Waals surface area contributed by atoms with E-state index in [1.165, 1.54) is 12.3 Å². The van der Waals surface area contributed by atoms with Gasteiger partial charge in [-0.25, -0.2) is 9.78 Å². The third-order valence-corrected chi connectivity index (χ3v) is 6.91. The monoisotopic (exact) mass is 526 g/mol. The van der Waals surface area contributed by atoms with Crippen molar-refractivity contribution in [1.29, 1.82) is 0 Å². The number of aromatic carboxylic acids is 1. The van der Waals surface area contributed by atoms with E-state index in [9.17, 15) is 24.3 Å². The largest absolute Gasteiger partial charge is 0.476 e. The van der Waals surface area contributed by atoms with Crippen molar-refractivity contribution in [3.05, 3.63) is 16.1 Å². The number of esters is 1. The van der Waals surface area contributed by atoms with Crippen molar-refractivity contribution in [2.75, 3.05) is 20.6 Å². The van der Waals surface area contributed by atoms with Crippen molar-refractivity contribution in [3.63, 3.8) is 0 Å². The molecular weight excluding hydrogens is 484 g/mol. The van der Waals surface area contributed by atoms with Gasteiger partial charge in [-0.1, -0.05) is 34.1 Å². The van der Waals surface area contributed by atoms with Crippen LogP contribution in [-0.2, 0) is 19.1 Å². The molecule has 0 bridgehead atoms. The molecule has 0 fully saturated rings. The molecule has 0 aliphatic carbocycles. The van der Waals surface area contributed by atoms with Crippen LogP contribution >= 0.6 is 11.3 Å². The molecule has 1 heterocycles. The van der Waals surface area contributed by atoms with E-state index in [4.69, 9.17) is 4.74 Å². The number of hydrogen-bond donors (Lipinski definition) is 3. The summed E-state index contributed by atoms with van der Waals surface area (Å²) in [6, 6.07) is -1.04. The number of amides is 2. The molecule has 204 valence electrons. The van der Waals surface area contributed by atoms with Crippen LogP contribution < -0.4 is 10.6 Å². The summed E-state index contributed by atoms with van der Waals surface area (Å²) in [5, 5.41) is 17.0. The average molecular weight is 527 g/mol. The molecular formula is C25H42N4O6S. The van der Waals surface area contributed by atoms with Gasteiger partial charge in [-0.3, -0.25) is 14.4 Å². The Morgan fingerprint density at radius 1 is 1.11 bits per heavy atom. The Hall–Kier alpha value is -2.53. The Morgan fingerprint density at radius 3 is 2.28 bits per heavy atom. The van der Waals surface area contributed by atoms with Gasteiger partial charge in [0.25, 0.3) is 0 Å². The van der Waals surface area contributed by atoms with E-state index in [-0.39, 0.29) is 41.8 Å². The van der Waals surface area contributed by atoms with Gasteiger partial charge < -0.3 is 25.4 Å². The first-order valence-corrected chi connectivity index (χ1v) is 13.3. The van der Waals surface area contributed by atoms with Gasteiger partial charge in [0, 0.05) is 38.2 Å². The van der Waals surface area contributed by atoms with Gasteiger partial charge in [-0.15, -0.1) is 11.3 Å². The fraction of sp³-hybridized carbons (Fsp3) is 0.720. The van der Waals surface area contributed by atoms with Crippen molar-refractivity contribution >= 4 is 35.1 Å². The summed E-state index contributed by atoms with van der Waals surface area (Å²) in [5.41, 5.74) is -0.119. The smallest absolute Gasteiger partial charge is 0.355 e. The number of likely N-dealkylation sites (N-methyl/N-ethyl adjacent to an activating group) is 1. The molecule has 36 heavy (non-hydrogen) atoms. The summed E-state index contributed by atoms with van der Waals surface area (Å²) in [5.74, 6) is -2.19. The highest BCUT2D eigenvalue weighted by molar-refractivity contribution is 7.09. The van der Waals surface area contributed by atoms with Crippen LogP contribution in [0.1, 0.15) is 88.3 Å². The lowest BCUT2D eigenvalue weighted by atomic mass is 9.94. The van der Waals surface area contributed by atoms with Crippen LogP contribution in [0.4, 0.5) is 0 Å². The number of carbonyl (C=O) groups excluding carboxylic acids is 3. The summed E-state index contributed by atoms with van der Waals surface area (Å²) in [4.78, 5) is 54.8. The second-order valence-corrected chi connectivity index (χ2v) is 10.6. The zero-order valence-electron chi connectivity index (χ0n) is 22.5. The molecule has 11 heteroatoms. The summed E-state index contributed by atoms with van der Waals surface area (Å²) < 4.78 is 5.49. The normalized spacial score (nSPS) is 13.8. The van der Waals surface area contributed by atoms with Crippen LogP contribution in [-0.4, -0.2) is 71.5 Å². The summed E-state index contributed by atoms with van der Waals surface area (Å²) in [6.45, 7) is 9.87. The third-order valence-electron chi connectivity index (χ3n) is 5.97. The fourth-order valence-corrected chi connectivity index (χ4v) is 4.77. The fourth-order valence-electron chi connectivity index (χ4n) is 3.94. The highest BCUT2D eigenvalue weighted by atomic mass is 32.1. The number of carboxylic acid groups (broad SMARTS) is 1. The molecule has 0 aliphatic rings. The third kappa shape index (κ3) is 10.2. The van der Waals surface area contributed by atoms with Crippen LogP contribution in [0, 0.1) is 11.8 Å². The lowest BCUT2D eigenvalue weighted by Crippen LogP contribution is -2.54. The molecule has 0 saturated carbocycles. The quantitative estimate of drug-likeness (QED) is 0.220. The van der Waals surface area contributed by atoms with Crippen LogP contribution in [0.15, 0.2) is 5.38 Å². The molecule has 0 spiro atoms. The SMILES string of the molecule is CNCCCCCC(=O)N[C@H](C(=O)N(C)[C@H](C[C@@H](OC(C)=O)c1nc(C(=O)O)cs1)C(C)C)C(C)C. The number of unbranched alkanes of at least 4 members (excludes halogenated alkanes) is 2. The van der Waals surface area contributed by atoms with Gasteiger partial charge in [0.2, 0.25) is 11.8 Å². The lowest BCUT2D eigenvalue weighted by Gasteiger charge is -2.36. The molecule has 3 atom stereocenters. The van der Waals surface area contributed by atoms with E-state index in [1.807, 2.05) is 34.7 Å². The maximum Gasteiger partial charge on any atom is 0.355 e. The molecule has 0 aliphatic heterocycles. The summed E-state index contributed by atoms with van der Waals surface area (Å²) in [7, 11) is 3.58. The van der Waals surface area contributed by atoms with Gasteiger partial charge in [-0.2, -0.15) is 0 Å². The first-order chi connectivity index (χ1) is 16.9. The minimum Gasteiger partial charge on any atom is -0.476 e. The first kappa shape index (κ1) is 31.5. The van der Waals surface area contributed by atoms with Crippen LogP contribution in [0.5, 0.6) is 0 Å². The molecule has 1 aromatic rings. The predicted octanol–water partition coefficient (Wildman–Crippen LogP) is 3.24. The van der Waals surface area contributed by atoms with E-state index >= 15 is 0 Å². The number of ether oxygens (including phenoxy) is 1. The van der Waals surface area contributed by atoms with Crippen LogP contribution in [0.3, 0.4) is 0 Å². The Morgan fingerprint density at radius 2 is 1.78 bits per heavy atom. The Bertz CT molecular complexity index is 872. The average Bonchev–Trinajstić information content (AvgIpc) is 3.29. The Labute approximate surface area is 218 Å². The number of nitrogens with one attached hydrogen (secondary N) is 2. The molecule has 0 saturated heterocycles. The molecule has 3 N–H and O–H groups in total. The second kappa shape index (κ2) is 15.6. The van der Waals surface area contributed by atoms with Crippen molar-refractivity contribution < 1.29 is 29.0 Å². The molecule has 0 unspecified atom stereocenters. The van der Waals surface area contributed by atoms with E-state index < -0.39 is 24.1 Å². The van der Waals surface area contributed by atoms with Crippen molar-refractivity contribution in [2.24, 2.45) is 11.8 Å². The van der Waals surface area contributed by atoms with Crippen LogP contribution in [0.25, 0.3) is 0 Å². The zero-order valence-corrected chi connectivity index (χ0v) is 23.3. The summed E-state index contributed by atoms with van der Waals surface area (Å²) >= 11 is 1.10. The van der Waals surface area contributed by atoms with Gasteiger partial charge in [0.1, 0.15) is 11.0 Å². The van der Waals surface area contributed by atoms with E-state index in [0.29, 0.717) is 11.4 Å². The number of hydrogen-bond acceptors (Lipinski definition) is 8. The molecule has 0 radical (unpaired) electrons. The Balaban J connectivity index is 3.00. The second-order valence-electron chi connectivity index (χ2n) is 9.67. The minimum absolute atomic E-state index is 0.00777. The maximum absolute atomic E-state index is 13.5.